The van der Waals surface area contributed by atoms with Gasteiger partial charge in [0.05, 0.1) is 5.02 Å². The molecule has 0 radical (unpaired) electrons. The topological polar surface area (TPSA) is 12.9 Å². The van der Waals surface area contributed by atoms with Crippen LogP contribution in [0.4, 0.5) is 0 Å². The Labute approximate surface area is 111 Å². The molecular weight excluding hydrogens is 286 g/mol. The van der Waals surface area contributed by atoms with Crippen LogP contribution in [0.1, 0.15) is 31.2 Å². The van der Waals surface area contributed by atoms with E-state index < -0.39 is 0 Å². The van der Waals surface area contributed by atoms with E-state index >= 15 is 0 Å². The quantitative estimate of drug-likeness (QED) is 0.747. The molecule has 1 aliphatic rings. The molecule has 0 aliphatic heterocycles. The van der Waals surface area contributed by atoms with Crippen LogP contribution in [0.15, 0.2) is 18.5 Å². The molecule has 1 unspecified atom stereocenters. The van der Waals surface area contributed by atoms with E-state index in [0.29, 0.717) is 0 Å². The monoisotopic (exact) mass is 301 g/mol. The van der Waals surface area contributed by atoms with Gasteiger partial charge in [0.25, 0.3) is 0 Å². The van der Waals surface area contributed by atoms with Crippen LogP contribution >= 0.6 is 27.5 Å². The zero-order valence-corrected chi connectivity index (χ0v) is 11.7. The van der Waals surface area contributed by atoms with Gasteiger partial charge >= 0.3 is 0 Å². The van der Waals surface area contributed by atoms with Crippen LogP contribution in [0.5, 0.6) is 0 Å². The Bertz CT molecular complexity index is 336. The van der Waals surface area contributed by atoms with Crippen molar-refractivity contribution in [2.75, 3.05) is 5.33 Å². The van der Waals surface area contributed by atoms with Crippen molar-refractivity contribution in [2.45, 2.75) is 32.1 Å². The first kappa shape index (κ1) is 12.4. The van der Waals surface area contributed by atoms with Crippen molar-refractivity contribution < 1.29 is 0 Å². The molecule has 0 spiro atoms. The van der Waals surface area contributed by atoms with Gasteiger partial charge in [0, 0.05) is 17.7 Å². The second-order valence-electron chi connectivity index (χ2n) is 4.63. The second kappa shape index (κ2) is 6.02. The molecule has 1 aliphatic carbocycles. The molecule has 88 valence electrons. The lowest BCUT2D eigenvalue weighted by molar-refractivity contribution is 0.373. The Morgan fingerprint density at radius 3 is 2.81 bits per heavy atom. The summed E-state index contributed by atoms with van der Waals surface area (Å²) in [5.41, 5.74) is 1.24. The molecular formula is C13H17BrClN. The SMILES string of the molecule is Clc1cnccc1CC(CBr)C1CCCC1. The molecule has 0 aromatic carbocycles. The lowest BCUT2D eigenvalue weighted by Crippen LogP contribution is -2.16. The molecule has 1 fully saturated rings. The minimum Gasteiger partial charge on any atom is -0.263 e. The fraction of sp³-hybridized carbons (Fsp3) is 0.615. The second-order valence-corrected chi connectivity index (χ2v) is 5.68. The van der Waals surface area contributed by atoms with Crippen LogP contribution in [-0.2, 0) is 6.42 Å². The maximum atomic E-state index is 6.15. The maximum absolute atomic E-state index is 6.15. The van der Waals surface area contributed by atoms with Crippen LogP contribution in [0.2, 0.25) is 5.02 Å². The summed E-state index contributed by atoms with van der Waals surface area (Å²) in [5, 5.41) is 1.89. The van der Waals surface area contributed by atoms with Crippen molar-refractivity contribution in [3.05, 3.63) is 29.0 Å². The van der Waals surface area contributed by atoms with Gasteiger partial charge in [0.2, 0.25) is 0 Å². The third kappa shape index (κ3) is 2.98. The highest BCUT2D eigenvalue weighted by Gasteiger charge is 2.24. The number of rotatable bonds is 4. The highest BCUT2D eigenvalue weighted by Crippen LogP contribution is 2.35. The number of aromatic nitrogens is 1. The number of alkyl halides is 1. The van der Waals surface area contributed by atoms with Crippen molar-refractivity contribution in [3.8, 4) is 0 Å². The van der Waals surface area contributed by atoms with Crippen molar-refractivity contribution in [3.63, 3.8) is 0 Å². The van der Waals surface area contributed by atoms with E-state index in [0.717, 1.165) is 28.6 Å². The highest BCUT2D eigenvalue weighted by atomic mass is 79.9. The molecule has 0 saturated heterocycles. The molecule has 0 bridgehead atoms. The number of hydrogen-bond donors (Lipinski definition) is 0. The zero-order valence-electron chi connectivity index (χ0n) is 9.33. The van der Waals surface area contributed by atoms with Crippen molar-refractivity contribution >= 4 is 27.5 Å². The number of pyridine rings is 1. The summed E-state index contributed by atoms with van der Waals surface area (Å²) in [6, 6.07) is 2.05. The van der Waals surface area contributed by atoms with Crippen molar-refractivity contribution in [2.24, 2.45) is 11.8 Å². The van der Waals surface area contributed by atoms with Gasteiger partial charge in [-0.2, -0.15) is 0 Å². The third-order valence-corrected chi connectivity index (χ3v) is 4.78. The standard InChI is InChI=1S/C13H17BrClN/c14-8-12(10-3-1-2-4-10)7-11-5-6-16-9-13(11)15/h5-6,9-10,12H,1-4,7-8H2. The lowest BCUT2D eigenvalue weighted by atomic mass is 9.87. The summed E-state index contributed by atoms with van der Waals surface area (Å²) >= 11 is 9.80. The summed E-state index contributed by atoms with van der Waals surface area (Å²) in [5.74, 6) is 1.60. The predicted molar refractivity (Wildman–Crippen MR) is 72.2 cm³/mol. The average Bonchev–Trinajstić information content (AvgIpc) is 2.81. The zero-order chi connectivity index (χ0) is 11.4. The summed E-state index contributed by atoms with van der Waals surface area (Å²) in [6.07, 6.45) is 10.2. The fourth-order valence-electron chi connectivity index (χ4n) is 2.63. The molecule has 2 rings (SSSR count). The first-order valence-electron chi connectivity index (χ1n) is 5.95. The largest absolute Gasteiger partial charge is 0.263 e. The van der Waals surface area contributed by atoms with Crippen LogP contribution in [0.25, 0.3) is 0 Å². The van der Waals surface area contributed by atoms with E-state index in [9.17, 15) is 0 Å². The molecule has 1 saturated carbocycles. The molecule has 1 aromatic heterocycles. The summed E-state index contributed by atoms with van der Waals surface area (Å²) in [6.45, 7) is 0. The predicted octanol–water partition coefficient (Wildman–Crippen LogP) is 4.48. The molecule has 1 nitrogen and oxygen atoms in total. The van der Waals surface area contributed by atoms with E-state index in [-0.39, 0.29) is 0 Å². The Kier molecular flexibility index (Phi) is 4.66. The normalized spacial score (nSPS) is 18.9. The molecule has 0 N–H and O–H groups in total. The van der Waals surface area contributed by atoms with E-state index in [2.05, 4.69) is 20.9 Å². The van der Waals surface area contributed by atoms with E-state index in [1.165, 1.54) is 31.2 Å². The number of hydrogen-bond acceptors (Lipinski definition) is 1. The minimum absolute atomic E-state index is 0.724. The van der Waals surface area contributed by atoms with E-state index in [1.807, 2.05) is 12.3 Å². The maximum Gasteiger partial charge on any atom is 0.0621 e. The molecule has 3 heteroatoms. The summed E-state index contributed by atoms with van der Waals surface area (Å²) in [4.78, 5) is 4.03. The van der Waals surface area contributed by atoms with Crippen LogP contribution < -0.4 is 0 Å². The Balaban J connectivity index is 2.03. The van der Waals surface area contributed by atoms with Crippen LogP contribution in [-0.4, -0.2) is 10.3 Å². The summed E-state index contributed by atoms with van der Waals surface area (Å²) in [7, 11) is 0. The smallest absolute Gasteiger partial charge is 0.0621 e. The first-order chi connectivity index (χ1) is 7.81. The fourth-order valence-corrected chi connectivity index (χ4v) is 3.58. The lowest BCUT2D eigenvalue weighted by Gasteiger charge is -2.21. The van der Waals surface area contributed by atoms with Crippen LogP contribution in [0, 0.1) is 11.8 Å². The van der Waals surface area contributed by atoms with E-state index in [4.69, 9.17) is 11.6 Å². The van der Waals surface area contributed by atoms with Gasteiger partial charge in [0.1, 0.15) is 0 Å². The van der Waals surface area contributed by atoms with Gasteiger partial charge in [-0.15, -0.1) is 0 Å². The Morgan fingerprint density at radius 2 is 2.19 bits per heavy atom. The van der Waals surface area contributed by atoms with Gasteiger partial charge in [-0.05, 0) is 29.9 Å². The third-order valence-electron chi connectivity index (χ3n) is 3.60. The van der Waals surface area contributed by atoms with Gasteiger partial charge in [-0.3, -0.25) is 4.98 Å². The number of nitrogens with zero attached hydrogens (tertiary/aromatic N) is 1. The number of halogens is 2. The van der Waals surface area contributed by atoms with Gasteiger partial charge in [0.15, 0.2) is 0 Å². The minimum atomic E-state index is 0.724. The molecule has 1 aromatic rings. The summed E-state index contributed by atoms with van der Waals surface area (Å²) < 4.78 is 0. The van der Waals surface area contributed by atoms with Gasteiger partial charge in [-0.1, -0.05) is 53.2 Å². The van der Waals surface area contributed by atoms with Gasteiger partial charge in [-0.25, -0.2) is 0 Å². The van der Waals surface area contributed by atoms with Crippen molar-refractivity contribution in [1.29, 1.82) is 0 Å². The molecule has 16 heavy (non-hydrogen) atoms. The highest BCUT2D eigenvalue weighted by molar-refractivity contribution is 9.09. The molecule has 1 atom stereocenters. The molecule has 1 heterocycles. The average molecular weight is 303 g/mol. The van der Waals surface area contributed by atoms with Crippen LogP contribution in [0.3, 0.4) is 0 Å². The Morgan fingerprint density at radius 1 is 1.44 bits per heavy atom. The first-order valence-corrected chi connectivity index (χ1v) is 7.45. The Hall–Kier alpha value is -0.0800. The van der Waals surface area contributed by atoms with Gasteiger partial charge < -0.3 is 0 Å². The van der Waals surface area contributed by atoms with Crippen molar-refractivity contribution in [1.82, 2.24) is 4.98 Å². The van der Waals surface area contributed by atoms with E-state index in [1.54, 1.807) is 6.20 Å². The molecule has 0 amide bonds.